The largest absolute Gasteiger partial charge is 0.493 e. The lowest BCUT2D eigenvalue weighted by Crippen LogP contribution is -2.44. The van der Waals surface area contributed by atoms with Crippen molar-refractivity contribution < 1.29 is 14.3 Å². The lowest BCUT2D eigenvalue weighted by atomic mass is 9.88. The number of H-pyrrole nitrogens is 1. The molecule has 1 aromatic carbocycles. The predicted molar refractivity (Wildman–Crippen MR) is 157 cm³/mol. The zero-order valence-electron chi connectivity index (χ0n) is 23.5. The van der Waals surface area contributed by atoms with E-state index in [1.807, 2.05) is 6.07 Å². The first-order valence-corrected chi connectivity index (χ1v) is 14.2. The molecular formula is C30H36N8O3. The standard InChI is InChI=1S/C30H36N8O3/c1-37-8-10-38(11-9-37)21-6-7-22(23(15-21)41-13-3-12-40-2)29-35-27-26(20(16-31)17-33-30(27)36-29)34-25-19-5-4-18(14-19)24(25)28(32)39/h4-7,15,17-19,24-25H,3,8-14H2,1-2H3,(H2,32,39)(H2,33,34,35,36)/t18-,19+,24+,25-/m1/s1. The summed E-state index contributed by atoms with van der Waals surface area (Å²) in [7, 11) is 3.82. The average molecular weight is 557 g/mol. The van der Waals surface area contributed by atoms with Crippen molar-refractivity contribution in [2.24, 2.45) is 23.5 Å². The van der Waals surface area contributed by atoms with Gasteiger partial charge in [0, 0.05) is 70.3 Å². The molecule has 2 bridgehead atoms. The normalized spacial score (nSPS) is 23.7. The van der Waals surface area contributed by atoms with Crippen LogP contribution in [0.3, 0.4) is 0 Å². The number of benzene rings is 1. The number of pyridine rings is 1. The van der Waals surface area contributed by atoms with Crippen molar-refractivity contribution >= 4 is 28.4 Å². The summed E-state index contributed by atoms with van der Waals surface area (Å²) in [6.07, 6.45) is 7.38. The van der Waals surface area contributed by atoms with Crippen molar-refractivity contribution in [1.82, 2.24) is 19.9 Å². The van der Waals surface area contributed by atoms with E-state index >= 15 is 0 Å². The molecule has 0 spiro atoms. The summed E-state index contributed by atoms with van der Waals surface area (Å²) in [6, 6.07) is 8.25. The highest BCUT2D eigenvalue weighted by Crippen LogP contribution is 2.46. The van der Waals surface area contributed by atoms with Gasteiger partial charge in [-0.2, -0.15) is 5.26 Å². The third-order valence-corrected chi connectivity index (χ3v) is 8.58. The van der Waals surface area contributed by atoms with Crippen molar-refractivity contribution in [1.29, 1.82) is 5.26 Å². The number of amides is 1. The number of methoxy groups -OCH3 is 1. The maximum absolute atomic E-state index is 12.3. The van der Waals surface area contributed by atoms with Gasteiger partial charge in [0.2, 0.25) is 5.91 Å². The molecule has 1 saturated heterocycles. The Labute approximate surface area is 239 Å². The number of aromatic amines is 1. The molecule has 3 aromatic rings. The van der Waals surface area contributed by atoms with Crippen LogP contribution in [0.5, 0.6) is 5.75 Å². The Morgan fingerprint density at radius 1 is 1.22 bits per heavy atom. The van der Waals surface area contributed by atoms with E-state index in [9.17, 15) is 10.1 Å². The number of nitrogens with one attached hydrogen (secondary N) is 2. The number of piperazine rings is 1. The van der Waals surface area contributed by atoms with Crippen molar-refractivity contribution in [2.75, 3.05) is 63.8 Å². The molecule has 3 heterocycles. The van der Waals surface area contributed by atoms with Gasteiger partial charge in [0.25, 0.3) is 0 Å². The van der Waals surface area contributed by atoms with Gasteiger partial charge < -0.3 is 35.3 Å². The van der Waals surface area contributed by atoms with E-state index < -0.39 is 0 Å². The number of aromatic nitrogens is 3. The molecule has 3 aliphatic rings. The topological polar surface area (TPSA) is 145 Å². The highest BCUT2D eigenvalue weighted by molar-refractivity contribution is 5.92. The molecule has 0 unspecified atom stereocenters. The summed E-state index contributed by atoms with van der Waals surface area (Å²) in [4.78, 5) is 29.7. The maximum atomic E-state index is 12.3. The fraction of sp³-hybridized carbons (Fsp3) is 0.467. The Hall–Kier alpha value is -4.14. The number of nitriles is 1. The molecule has 2 fully saturated rings. The van der Waals surface area contributed by atoms with E-state index in [2.05, 4.69) is 62.5 Å². The van der Waals surface area contributed by atoms with Crippen LogP contribution in [0.15, 0.2) is 36.5 Å². The fourth-order valence-corrected chi connectivity index (χ4v) is 6.37. The van der Waals surface area contributed by atoms with E-state index in [0.717, 1.165) is 56.0 Å². The first-order valence-electron chi connectivity index (χ1n) is 14.2. The van der Waals surface area contributed by atoms with Gasteiger partial charge >= 0.3 is 0 Å². The number of allylic oxidation sites excluding steroid dienone is 1. The molecule has 2 aromatic heterocycles. The number of nitrogens with two attached hydrogens (primary N) is 1. The Bertz CT molecular complexity index is 1500. The number of imidazole rings is 1. The zero-order chi connectivity index (χ0) is 28.5. The Balaban J connectivity index is 1.36. The van der Waals surface area contributed by atoms with Gasteiger partial charge in [0.05, 0.1) is 29.3 Å². The zero-order valence-corrected chi connectivity index (χ0v) is 23.5. The van der Waals surface area contributed by atoms with E-state index in [-0.39, 0.29) is 29.7 Å². The van der Waals surface area contributed by atoms with Crippen LogP contribution in [0.25, 0.3) is 22.6 Å². The first-order chi connectivity index (χ1) is 20.0. The molecule has 11 heteroatoms. The van der Waals surface area contributed by atoms with Gasteiger partial charge in [0.15, 0.2) is 5.65 Å². The molecule has 6 rings (SSSR count). The fourth-order valence-electron chi connectivity index (χ4n) is 6.37. The lowest BCUT2D eigenvalue weighted by Gasteiger charge is -2.34. The van der Waals surface area contributed by atoms with Crippen molar-refractivity contribution in [3.63, 3.8) is 0 Å². The van der Waals surface area contributed by atoms with E-state index in [0.29, 0.717) is 41.5 Å². The van der Waals surface area contributed by atoms with Crippen LogP contribution < -0.4 is 20.7 Å². The summed E-state index contributed by atoms with van der Waals surface area (Å²) in [5.74, 6) is 0.937. The molecule has 41 heavy (non-hydrogen) atoms. The molecule has 1 amide bonds. The van der Waals surface area contributed by atoms with Gasteiger partial charge in [-0.3, -0.25) is 4.79 Å². The van der Waals surface area contributed by atoms with Gasteiger partial charge in [-0.15, -0.1) is 0 Å². The summed E-state index contributed by atoms with van der Waals surface area (Å²) in [5.41, 5.74) is 9.77. The minimum Gasteiger partial charge on any atom is -0.493 e. The molecule has 0 radical (unpaired) electrons. The van der Waals surface area contributed by atoms with Crippen LogP contribution in [0.1, 0.15) is 18.4 Å². The quantitative estimate of drug-likeness (QED) is 0.253. The molecule has 11 nitrogen and oxygen atoms in total. The summed E-state index contributed by atoms with van der Waals surface area (Å²) < 4.78 is 11.5. The number of anilines is 2. The minimum absolute atomic E-state index is 0.117. The number of hydrogen-bond acceptors (Lipinski definition) is 9. The Morgan fingerprint density at radius 3 is 2.78 bits per heavy atom. The third kappa shape index (κ3) is 5.21. The summed E-state index contributed by atoms with van der Waals surface area (Å²) in [6.45, 7) is 5.02. The van der Waals surface area contributed by atoms with Crippen molar-refractivity contribution in [3.8, 4) is 23.2 Å². The summed E-state index contributed by atoms with van der Waals surface area (Å²) >= 11 is 0. The van der Waals surface area contributed by atoms with Crippen LogP contribution in [-0.2, 0) is 9.53 Å². The predicted octanol–water partition coefficient (Wildman–Crippen LogP) is 2.75. The highest BCUT2D eigenvalue weighted by atomic mass is 16.5. The SMILES string of the molecule is COCCCOc1cc(N2CCN(C)CC2)ccc1-c1nc2ncc(C#N)c(N[C@H]3[C@@H](C(N)=O)[C@@H]4C=C[C@H]3C4)c2[nH]1. The number of hydrogen-bond donors (Lipinski definition) is 3. The number of carbonyl (C=O) groups is 1. The molecular weight excluding hydrogens is 520 g/mol. The Morgan fingerprint density at radius 2 is 2.02 bits per heavy atom. The average Bonchev–Trinajstić information content (AvgIpc) is 3.71. The minimum atomic E-state index is -0.337. The molecule has 1 aliphatic heterocycles. The van der Waals surface area contributed by atoms with Crippen LogP contribution >= 0.6 is 0 Å². The van der Waals surface area contributed by atoms with Crippen LogP contribution in [0.2, 0.25) is 0 Å². The first kappa shape index (κ1) is 27.1. The van der Waals surface area contributed by atoms with Crippen LogP contribution in [0.4, 0.5) is 11.4 Å². The second-order valence-electron chi connectivity index (χ2n) is 11.2. The summed E-state index contributed by atoms with van der Waals surface area (Å²) in [5, 5.41) is 13.4. The number of rotatable bonds is 10. The van der Waals surface area contributed by atoms with Gasteiger partial charge in [0.1, 0.15) is 23.2 Å². The number of primary amides is 1. The second kappa shape index (κ2) is 11.4. The van der Waals surface area contributed by atoms with Crippen molar-refractivity contribution in [3.05, 3.63) is 42.1 Å². The maximum Gasteiger partial charge on any atom is 0.223 e. The van der Waals surface area contributed by atoms with Crippen molar-refractivity contribution in [2.45, 2.75) is 18.9 Å². The molecule has 4 atom stereocenters. The van der Waals surface area contributed by atoms with Gasteiger partial charge in [-0.25, -0.2) is 9.97 Å². The molecule has 214 valence electrons. The van der Waals surface area contributed by atoms with Gasteiger partial charge in [-0.1, -0.05) is 12.2 Å². The molecule has 1 saturated carbocycles. The number of nitrogens with zero attached hydrogens (tertiary/aromatic N) is 5. The van der Waals surface area contributed by atoms with Gasteiger partial charge in [-0.05, 0) is 37.4 Å². The number of fused-ring (bicyclic) bond motifs is 3. The lowest BCUT2D eigenvalue weighted by molar-refractivity contribution is -0.122. The number of carbonyl (C=O) groups excluding carboxylic acids is 1. The van der Waals surface area contributed by atoms with E-state index in [1.165, 1.54) is 6.20 Å². The molecule has 2 aliphatic carbocycles. The smallest absolute Gasteiger partial charge is 0.223 e. The van der Waals surface area contributed by atoms with Crippen LogP contribution in [-0.4, -0.2) is 85.4 Å². The van der Waals surface area contributed by atoms with E-state index in [4.69, 9.17) is 20.2 Å². The molecule has 4 N–H and O–H groups in total. The van der Waals surface area contributed by atoms with Crippen LogP contribution in [0, 0.1) is 29.1 Å². The Kier molecular flexibility index (Phi) is 7.51. The third-order valence-electron chi connectivity index (χ3n) is 8.58. The monoisotopic (exact) mass is 556 g/mol. The highest BCUT2D eigenvalue weighted by Gasteiger charge is 2.47. The second-order valence-corrected chi connectivity index (χ2v) is 11.2. The number of likely N-dealkylation sites (N-methyl/N-ethyl adjacent to an activating group) is 1. The van der Waals surface area contributed by atoms with E-state index in [1.54, 1.807) is 7.11 Å². The number of ether oxygens (including phenoxy) is 2.